The Morgan fingerprint density at radius 3 is 0.707 bits per heavy atom. The van der Waals surface area contributed by atoms with Crippen molar-refractivity contribution >= 4 is 64.6 Å². The third-order valence-corrected chi connectivity index (χ3v) is 18.7. The van der Waals surface area contributed by atoms with Crippen molar-refractivity contribution in [2.24, 2.45) is 0 Å². The van der Waals surface area contributed by atoms with Gasteiger partial charge in [0.2, 0.25) is 0 Å². The monoisotopic (exact) mass is 1230 g/mol. The number of alkyl halides is 12. The van der Waals surface area contributed by atoms with Crippen LogP contribution < -0.4 is 0 Å². The summed E-state index contributed by atoms with van der Waals surface area (Å²) in [6, 6.07) is 68.7. The van der Waals surface area contributed by atoms with Crippen LogP contribution in [0.15, 0.2) is 243 Å². The van der Waals surface area contributed by atoms with Crippen molar-refractivity contribution in [3.8, 4) is 111 Å². The lowest BCUT2D eigenvalue weighted by Gasteiger charge is -2.22. The van der Waals surface area contributed by atoms with Gasteiger partial charge in [-0.3, -0.25) is 0 Å². The summed E-state index contributed by atoms with van der Waals surface area (Å²) in [6.45, 7) is 0. The molecule has 0 radical (unpaired) electrons. The Morgan fingerprint density at radius 2 is 0.413 bits per heavy atom. The first-order valence-corrected chi connectivity index (χ1v) is 29.5. The molecule has 0 atom stereocenters. The molecule has 12 heteroatoms. The van der Waals surface area contributed by atoms with Crippen molar-refractivity contribution in [1.29, 1.82) is 0 Å². The standard InChI is InChI=1S/C80H40F12/c81-77(82,83)45-35-43(36-46(39-45)78(84,85)86)49-19-7-9-21-51(49)69-55-25-13-11-23-53(55)65(41-15-3-1-4-16-41)73-61-31-27-57-60-30-34-64-72-62(32-28-58(68(60)72)59-29-33-63(75(69)73)71(61)67(57)59)74-66(42-17-5-2-6-18-42)54-24-12-14-26-56(54)70(76(64)74)52-22-10-8-20-50(52)44-37-47(79(87,88)89)40-48(38-44)80(90,91)92/h1-40H. The van der Waals surface area contributed by atoms with E-state index in [-0.39, 0.29) is 34.4 Å². The van der Waals surface area contributed by atoms with Crippen molar-refractivity contribution in [1.82, 2.24) is 0 Å². The number of fused-ring (bicyclic) bond motifs is 10. The minimum absolute atomic E-state index is 0.142. The van der Waals surface area contributed by atoms with Gasteiger partial charge in [0.15, 0.2) is 0 Å². The van der Waals surface area contributed by atoms with Crippen LogP contribution in [0.1, 0.15) is 22.3 Å². The average molecular weight is 1230 g/mol. The van der Waals surface area contributed by atoms with Crippen molar-refractivity contribution < 1.29 is 52.7 Å². The fourth-order valence-corrected chi connectivity index (χ4v) is 15.2. The molecule has 0 amide bonds. The van der Waals surface area contributed by atoms with Crippen molar-refractivity contribution in [3.63, 3.8) is 0 Å². The normalized spacial score (nSPS) is 13.0. The molecule has 0 saturated carbocycles. The van der Waals surface area contributed by atoms with Crippen LogP contribution in [0.4, 0.5) is 52.7 Å². The lowest BCUT2D eigenvalue weighted by atomic mass is 9.80. The molecule has 92 heavy (non-hydrogen) atoms. The Kier molecular flexibility index (Phi) is 11.7. The number of hydrogen-bond donors (Lipinski definition) is 0. The first-order chi connectivity index (χ1) is 44.2. The van der Waals surface area contributed by atoms with Crippen molar-refractivity contribution in [3.05, 3.63) is 265 Å². The highest BCUT2D eigenvalue weighted by atomic mass is 19.4. The molecular weight excluding hydrogens is 1190 g/mol. The molecule has 17 rings (SSSR count). The highest BCUT2D eigenvalue weighted by molar-refractivity contribution is 6.42. The second-order valence-corrected chi connectivity index (χ2v) is 23.6. The van der Waals surface area contributed by atoms with Gasteiger partial charge in [0.05, 0.1) is 22.3 Å². The minimum Gasteiger partial charge on any atom is -0.166 e. The molecular formula is C80H40F12. The summed E-state index contributed by atoms with van der Waals surface area (Å²) >= 11 is 0. The van der Waals surface area contributed by atoms with E-state index in [1.54, 1.807) is 48.5 Å². The van der Waals surface area contributed by atoms with Crippen molar-refractivity contribution in [2.75, 3.05) is 0 Å². The Morgan fingerprint density at radius 1 is 0.163 bits per heavy atom. The van der Waals surface area contributed by atoms with E-state index in [4.69, 9.17) is 0 Å². The molecule has 2 aliphatic rings. The molecule has 0 fully saturated rings. The van der Waals surface area contributed by atoms with E-state index in [0.29, 0.717) is 22.3 Å². The zero-order chi connectivity index (χ0) is 63.1. The van der Waals surface area contributed by atoms with Gasteiger partial charge in [0.1, 0.15) is 0 Å². The van der Waals surface area contributed by atoms with Crippen LogP contribution in [0.5, 0.6) is 0 Å². The first-order valence-electron chi connectivity index (χ1n) is 29.5. The van der Waals surface area contributed by atoms with Crippen molar-refractivity contribution in [2.45, 2.75) is 24.7 Å². The van der Waals surface area contributed by atoms with Gasteiger partial charge in [-0.25, -0.2) is 0 Å². The molecule has 0 heterocycles. The molecule has 0 nitrogen and oxygen atoms in total. The molecule has 15 aromatic rings. The maximum atomic E-state index is 14.7. The maximum absolute atomic E-state index is 14.7. The zero-order valence-electron chi connectivity index (χ0n) is 47.6. The summed E-state index contributed by atoms with van der Waals surface area (Å²) in [4.78, 5) is 0. The molecule has 0 spiro atoms. The summed E-state index contributed by atoms with van der Waals surface area (Å²) in [5.41, 5.74) is 6.47. The van der Waals surface area contributed by atoms with E-state index in [1.165, 1.54) is 0 Å². The van der Waals surface area contributed by atoms with E-state index >= 15 is 0 Å². The summed E-state index contributed by atoms with van der Waals surface area (Å²) in [6.07, 6.45) is -20.4. The third kappa shape index (κ3) is 8.07. The lowest BCUT2D eigenvalue weighted by molar-refractivity contribution is -0.144. The van der Waals surface area contributed by atoms with Crippen LogP contribution in [0.2, 0.25) is 0 Å². The second-order valence-electron chi connectivity index (χ2n) is 23.6. The van der Waals surface area contributed by atoms with Gasteiger partial charge < -0.3 is 0 Å². The van der Waals surface area contributed by atoms with E-state index in [1.807, 2.05) is 109 Å². The summed E-state index contributed by atoms with van der Waals surface area (Å²) in [7, 11) is 0. The number of benzene rings is 15. The Hall–Kier alpha value is -10.7. The maximum Gasteiger partial charge on any atom is 0.416 e. The predicted octanol–water partition coefficient (Wildman–Crippen LogP) is 25.4. The van der Waals surface area contributed by atoms with Crippen LogP contribution >= 0.6 is 0 Å². The van der Waals surface area contributed by atoms with Crippen LogP contribution in [0.3, 0.4) is 0 Å². The van der Waals surface area contributed by atoms with E-state index in [9.17, 15) is 52.7 Å². The van der Waals surface area contributed by atoms with Gasteiger partial charge in [-0.2, -0.15) is 52.7 Å². The van der Waals surface area contributed by atoms with Crippen LogP contribution in [0.25, 0.3) is 176 Å². The number of halogens is 12. The highest BCUT2D eigenvalue weighted by Gasteiger charge is 2.41. The van der Waals surface area contributed by atoms with Gasteiger partial charge in [-0.15, -0.1) is 0 Å². The Labute approximate surface area is 515 Å². The first kappa shape index (κ1) is 55.4. The van der Waals surface area contributed by atoms with Gasteiger partial charge in [0.25, 0.3) is 0 Å². The van der Waals surface area contributed by atoms with Crippen LogP contribution in [-0.4, -0.2) is 0 Å². The molecule has 0 N–H and O–H groups in total. The Bertz CT molecular complexity index is 5240. The van der Waals surface area contributed by atoms with E-state index in [2.05, 4.69) is 48.5 Å². The fourth-order valence-electron chi connectivity index (χ4n) is 15.2. The van der Waals surface area contributed by atoms with Gasteiger partial charge >= 0.3 is 24.7 Å². The Balaban J connectivity index is 0.957. The summed E-state index contributed by atoms with van der Waals surface area (Å²) in [5, 5.41) is 10.4. The molecule has 15 aromatic carbocycles. The highest BCUT2D eigenvalue weighted by Crippen LogP contribution is 2.64. The average Bonchev–Trinajstić information content (AvgIpc) is 1.49. The minimum atomic E-state index is -5.09. The lowest BCUT2D eigenvalue weighted by Crippen LogP contribution is -2.11. The largest absolute Gasteiger partial charge is 0.416 e. The molecule has 0 saturated heterocycles. The number of rotatable bonds is 6. The molecule has 0 bridgehead atoms. The molecule has 444 valence electrons. The third-order valence-electron chi connectivity index (χ3n) is 18.7. The zero-order valence-corrected chi connectivity index (χ0v) is 47.6. The van der Waals surface area contributed by atoms with E-state index < -0.39 is 47.0 Å². The quantitative estimate of drug-likeness (QED) is 0.0884. The summed E-state index contributed by atoms with van der Waals surface area (Å²) < 4.78 is 176. The topological polar surface area (TPSA) is 0 Å². The van der Waals surface area contributed by atoms with Gasteiger partial charge in [-0.1, -0.05) is 206 Å². The predicted molar refractivity (Wildman–Crippen MR) is 344 cm³/mol. The molecule has 0 aromatic heterocycles. The molecule has 0 aliphatic heterocycles. The van der Waals surface area contributed by atoms with E-state index in [0.717, 1.165) is 156 Å². The summed E-state index contributed by atoms with van der Waals surface area (Å²) in [5.74, 6) is 0. The fraction of sp³-hybridized carbons (Fsp3) is 0.0500. The SMILES string of the molecule is FC(F)(F)c1cc(-c2ccccc2-c2c3c(c(-c4ccccc4)c4ccccc24)-c2ccc4c5ccc6c7c(ccc(c8ccc-3c2c48)c75)-c2c-6c(-c3ccccc3-c3cc(C(F)(F)F)cc(C(F)(F)F)c3)c3ccccc3c2-c2ccccc2)cc(C(F)(F)F)c1. The molecule has 0 unspecified atom stereocenters. The number of hydrogen-bond acceptors (Lipinski definition) is 0. The van der Waals surface area contributed by atoms with Crippen LogP contribution in [-0.2, 0) is 24.7 Å². The smallest absolute Gasteiger partial charge is 0.166 e. The molecule has 2 aliphatic carbocycles. The van der Waals surface area contributed by atoms with Gasteiger partial charge in [-0.05, 0) is 212 Å². The van der Waals surface area contributed by atoms with Crippen LogP contribution in [0, 0.1) is 0 Å². The second kappa shape index (κ2) is 19.4. The van der Waals surface area contributed by atoms with Gasteiger partial charge in [0, 0.05) is 0 Å².